The molecule has 3 atom stereocenters. The molecule has 18 heavy (non-hydrogen) atoms. The van der Waals surface area contributed by atoms with Gasteiger partial charge in [0.2, 0.25) is 5.91 Å². The quantitative estimate of drug-likeness (QED) is 0.880. The minimum absolute atomic E-state index is 0.0400. The molecule has 0 saturated carbocycles. The van der Waals surface area contributed by atoms with Gasteiger partial charge in [0, 0.05) is 4.88 Å². The molecule has 100 valence electrons. The lowest BCUT2D eigenvalue weighted by Gasteiger charge is -2.19. The molecule has 1 amide bonds. The molecule has 1 aliphatic rings. The lowest BCUT2D eigenvalue weighted by molar-refractivity contribution is -0.124. The molecule has 1 saturated heterocycles. The van der Waals surface area contributed by atoms with E-state index in [9.17, 15) is 4.79 Å². The SMILES string of the molecule is Cc1nc(C)c(C(C)NC(=O)C2NCCC2C)s1. The minimum Gasteiger partial charge on any atom is -0.347 e. The van der Waals surface area contributed by atoms with Crippen LogP contribution in [0.2, 0.25) is 0 Å². The molecule has 0 aromatic carbocycles. The van der Waals surface area contributed by atoms with Gasteiger partial charge >= 0.3 is 0 Å². The molecule has 4 nitrogen and oxygen atoms in total. The lowest BCUT2D eigenvalue weighted by atomic mass is 10.0. The first-order chi connectivity index (χ1) is 8.49. The maximum absolute atomic E-state index is 12.2. The summed E-state index contributed by atoms with van der Waals surface area (Å²) in [4.78, 5) is 17.7. The fourth-order valence-corrected chi connectivity index (χ4v) is 3.43. The van der Waals surface area contributed by atoms with Crippen LogP contribution in [0.5, 0.6) is 0 Å². The third kappa shape index (κ3) is 2.72. The first-order valence-electron chi connectivity index (χ1n) is 6.46. The first kappa shape index (κ1) is 13.5. The maximum atomic E-state index is 12.2. The molecule has 0 bridgehead atoms. The average Bonchev–Trinajstić information content (AvgIpc) is 2.84. The van der Waals surface area contributed by atoms with Gasteiger partial charge in [-0.15, -0.1) is 11.3 Å². The van der Waals surface area contributed by atoms with Gasteiger partial charge in [-0.2, -0.15) is 0 Å². The fourth-order valence-electron chi connectivity index (χ4n) is 2.50. The van der Waals surface area contributed by atoms with Crippen LogP contribution in [0.25, 0.3) is 0 Å². The zero-order chi connectivity index (χ0) is 13.3. The number of hydrogen-bond donors (Lipinski definition) is 2. The van der Waals surface area contributed by atoms with Gasteiger partial charge in [-0.05, 0) is 39.7 Å². The molecule has 1 aromatic rings. The number of hydrogen-bond acceptors (Lipinski definition) is 4. The number of carbonyl (C=O) groups is 1. The van der Waals surface area contributed by atoms with E-state index in [1.54, 1.807) is 11.3 Å². The third-order valence-electron chi connectivity index (χ3n) is 3.51. The highest BCUT2D eigenvalue weighted by molar-refractivity contribution is 7.11. The highest BCUT2D eigenvalue weighted by atomic mass is 32.1. The van der Waals surface area contributed by atoms with E-state index in [-0.39, 0.29) is 18.0 Å². The van der Waals surface area contributed by atoms with Crippen molar-refractivity contribution in [3.8, 4) is 0 Å². The lowest BCUT2D eigenvalue weighted by Crippen LogP contribution is -2.44. The summed E-state index contributed by atoms with van der Waals surface area (Å²) in [5.74, 6) is 0.527. The van der Waals surface area contributed by atoms with Crippen LogP contribution in [0, 0.1) is 19.8 Å². The number of thiazole rings is 1. The van der Waals surface area contributed by atoms with Crippen molar-refractivity contribution >= 4 is 17.2 Å². The van der Waals surface area contributed by atoms with E-state index in [1.807, 2.05) is 20.8 Å². The van der Waals surface area contributed by atoms with Gasteiger partial charge in [0.1, 0.15) is 0 Å². The van der Waals surface area contributed by atoms with Crippen molar-refractivity contribution in [3.05, 3.63) is 15.6 Å². The topological polar surface area (TPSA) is 54.0 Å². The molecular weight excluding hydrogens is 246 g/mol. The summed E-state index contributed by atoms with van der Waals surface area (Å²) in [5, 5.41) is 7.40. The molecule has 1 aliphatic heterocycles. The average molecular weight is 267 g/mol. The van der Waals surface area contributed by atoms with E-state index < -0.39 is 0 Å². The van der Waals surface area contributed by atoms with Crippen molar-refractivity contribution in [2.24, 2.45) is 5.92 Å². The van der Waals surface area contributed by atoms with Crippen molar-refractivity contribution in [2.45, 2.75) is 46.2 Å². The van der Waals surface area contributed by atoms with E-state index in [2.05, 4.69) is 22.5 Å². The first-order valence-corrected chi connectivity index (χ1v) is 7.28. The number of aryl methyl sites for hydroxylation is 2. The fraction of sp³-hybridized carbons (Fsp3) is 0.692. The predicted octanol–water partition coefficient (Wildman–Crippen LogP) is 1.94. The second-order valence-corrected chi connectivity index (χ2v) is 6.35. The second kappa shape index (κ2) is 5.36. The largest absolute Gasteiger partial charge is 0.347 e. The summed E-state index contributed by atoms with van der Waals surface area (Å²) in [5.41, 5.74) is 1.03. The highest BCUT2D eigenvalue weighted by Gasteiger charge is 2.30. The van der Waals surface area contributed by atoms with Gasteiger partial charge in [-0.1, -0.05) is 6.92 Å². The zero-order valence-electron chi connectivity index (χ0n) is 11.4. The van der Waals surface area contributed by atoms with E-state index in [0.29, 0.717) is 5.92 Å². The molecule has 1 aromatic heterocycles. The van der Waals surface area contributed by atoms with Gasteiger partial charge < -0.3 is 10.6 Å². The van der Waals surface area contributed by atoms with E-state index >= 15 is 0 Å². The Morgan fingerprint density at radius 1 is 1.56 bits per heavy atom. The minimum atomic E-state index is -0.0400. The van der Waals surface area contributed by atoms with Crippen LogP contribution in [0.4, 0.5) is 0 Å². The Hall–Kier alpha value is -0.940. The Morgan fingerprint density at radius 3 is 2.78 bits per heavy atom. The monoisotopic (exact) mass is 267 g/mol. The van der Waals surface area contributed by atoms with Crippen LogP contribution in [0.1, 0.15) is 41.9 Å². The number of nitrogens with zero attached hydrogens (tertiary/aromatic N) is 1. The van der Waals surface area contributed by atoms with Crippen LogP contribution < -0.4 is 10.6 Å². The number of rotatable bonds is 3. The molecule has 0 aliphatic carbocycles. The number of aromatic nitrogens is 1. The van der Waals surface area contributed by atoms with Crippen molar-refractivity contribution in [3.63, 3.8) is 0 Å². The standard InChI is InChI=1S/C13H21N3OS/c1-7-5-6-14-11(7)13(17)16-9(3)12-8(2)15-10(4)18-12/h7,9,11,14H,5-6H2,1-4H3,(H,16,17). The summed E-state index contributed by atoms with van der Waals surface area (Å²) < 4.78 is 0. The summed E-state index contributed by atoms with van der Waals surface area (Å²) >= 11 is 1.66. The molecule has 0 spiro atoms. The zero-order valence-corrected chi connectivity index (χ0v) is 12.2. The Bertz CT molecular complexity index is 443. The molecule has 0 radical (unpaired) electrons. The van der Waals surface area contributed by atoms with Gasteiger partial charge in [-0.3, -0.25) is 4.79 Å². The Balaban J connectivity index is 2.01. The molecule has 2 rings (SSSR count). The Kier molecular flexibility index (Phi) is 4.02. The summed E-state index contributed by atoms with van der Waals surface area (Å²) in [6.45, 7) is 9.08. The normalized spacial score (nSPS) is 25.1. The Labute approximate surface area is 112 Å². The maximum Gasteiger partial charge on any atom is 0.237 e. The predicted molar refractivity (Wildman–Crippen MR) is 73.7 cm³/mol. The van der Waals surface area contributed by atoms with E-state index in [1.165, 1.54) is 0 Å². The highest BCUT2D eigenvalue weighted by Crippen LogP contribution is 2.25. The molecule has 2 heterocycles. The molecular formula is C13H21N3OS. The number of carbonyl (C=O) groups excluding carboxylic acids is 1. The van der Waals surface area contributed by atoms with Gasteiger partial charge in [0.05, 0.1) is 22.8 Å². The third-order valence-corrected chi connectivity index (χ3v) is 4.76. The Morgan fingerprint density at radius 2 is 2.28 bits per heavy atom. The van der Waals surface area contributed by atoms with E-state index in [4.69, 9.17) is 0 Å². The number of amides is 1. The smallest absolute Gasteiger partial charge is 0.237 e. The molecule has 3 unspecified atom stereocenters. The molecule has 1 fully saturated rings. The van der Waals surface area contributed by atoms with Crippen LogP contribution >= 0.6 is 11.3 Å². The van der Waals surface area contributed by atoms with Crippen molar-refractivity contribution < 1.29 is 4.79 Å². The summed E-state index contributed by atoms with van der Waals surface area (Å²) in [6, 6.07) is 0.0000690. The second-order valence-electron chi connectivity index (χ2n) is 5.11. The van der Waals surface area contributed by atoms with Crippen molar-refractivity contribution in [1.29, 1.82) is 0 Å². The van der Waals surface area contributed by atoms with Gasteiger partial charge in [-0.25, -0.2) is 4.98 Å². The van der Waals surface area contributed by atoms with Crippen molar-refractivity contribution in [1.82, 2.24) is 15.6 Å². The van der Waals surface area contributed by atoms with E-state index in [0.717, 1.165) is 28.5 Å². The van der Waals surface area contributed by atoms with Crippen LogP contribution in [-0.2, 0) is 4.79 Å². The van der Waals surface area contributed by atoms with Gasteiger partial charge in [0.15, 0.2) is 0 Å². The molecule has 2 N–H and O–H groups in total. The van der Waals surface area contributed by atoms with Gasteiger partial charge in [0.25, 0.3) is 0 Å². The van der Waals surface area contributed by atoms with Crippen LogP contribution in [0.3, 0.4) is 0 Å². The summed E-state index contributed by atoms with van der Waals surface area (Å²) in [7, 11) is 0. The van der Waals surface area contributed by atoms with Crippen LogP contribution in [-0.4, -0.2) is 23.5 Å². The van der Waals surface area contributed by atoms with Crippen LogP contribution in [0.15, 0.2) is 0 Å². The molecule has 5 heteroatoms. The summed E-state index contributed by atoms with van der Waals surface area (Å²) in [6.07, 6.45) is 1.07. The number of nitrogens with one attached hydrogen (secondary N) is 2. The van der Waals surface area contributed by atoms with Crippen molar-refractivity contribution in [2.75, 3.05) is 6.54 Å².